The van der Waals surface area contributed by atoms with Gasteiger partial charge in [-0.05, 0) is 50.1 Å². The third kappa shape index (κ3) is 4.27. The molecule has 0 aromatic heterocycles. The van der Waals surface area contributed by atoms with Crippen molar-refractivity contribution in [2.45, 2.75) is 31.2 Å². The first kappa shape index (κ1) is 16.0. The fourth-order valence-corrected chi connectivity index (χ4v) is 2.68. The third-order valence-corrected chi connectivity index (χ3v) is 3.91. The molecule has 1 nitrogen and oxygen atoms in total. The molecule has 112 valence electrons. The molecule has 1 atom stereocenters. The molecule has 0 saturated carbocycles. The Morgan fingerprint density at radius 2 is 1.57 bits per heavy atom. The fourth-order valence-electron chi connectivity index (χ4n) is 2.05. The zero-order valence-corrected chi connectivity index (χ0v) is 13.5. The van der Waals surface area contributed by atoms with E-state index in [0.29, 0.717) is 0 Å². The second-order valence-corrected chi connectivity index (χ2v) is 6.21. The van der Waals surface area contributed by atoms with Crippen molar-refractivity contribution in [1.29, 1.82) is 0 Å². The van der Waals surface area contributed by atoms with Crippen molar-refractivity contribution >= 4 is 15.9 Å². The summed E-state index contributed by atoms with van der Waals surface area (Å²) in [6, 6.07) is 11.4. The summed E-state index contributed by atoms with van der Waals surface area (Å²) >= 11 is 3.49. The van der Waals surface area contributed by atoms with Gasteiger partial charge in [-0.2, -0.15) is 0 Å². The standard InChI is InChI=1S/C17H17BrF2O/c1-11(2)21-13-8-6-12(7-9-13)15(18)10-14-16(19)4-3-5-17(14)20/h3-9,11,15H,10H2,1-2H3. The number of ether oxygens (including phenoxy) is 1. The predicted molar refractivity (Wildman–Crippen MR) is 83.9 cm³/mol. The van der Waals surface area contributed by atoms with E-state index in [0.717, 1.165) is 11.3 Å². The maximum atomic E-state index is 13.7. The van der Waals surface area contributed by atoms with Gasteiger partial charge in [0.15, 0.2) is 0 Å². The third-order valence-electron chi connectivity index (χ3n) is 3.06. The van der Waals surface area contributed by atoms with Crippen LogP contribution in [0, 0.1) is 11.6 Å². The quantitative estimate of drug-likeness (QED) is 0.650. The van der Waals surface area contributed by atoms with Gasteiger partial charge in [0.05, 0.1) is 6.10 Å². The van der Waals surface area contributed by atoms with Crippen molar-refractivity contribution in [1.82, 2.24) is 0 Å². The SMILES string of the molecule is CC(C)Oc1ccc(C(Br)Cc2c(F)cccc2F)cc1. The lowest BCUT2D eigenvalue weighted by Crippen LogP contribution is -2.05. The Bertz CT molecular complexity index is 576. The van der Waals surface area contributed by atoms with Crippen molar-refractivity contribution in [2.24, 2.45) is 0 Å². The van der Waals surface area contributed by atoms with Crippen LogP contribution < -0.4 is 4.74 Å². The minimum Gasteiger partial charge on any atom is -0.491 e. The van der Waals surface area contributed by atoms with Crippen LogP contribution in [0.15, 0.2) is 42.5 Å². The Balaban J connectivity index is 2.11. The van der Waals surface area contributed by atoms with Gasteiger partial charge in [0, 0.05) is 10.4 Å². The molecule has 0 spiro atoms. The van der Waals surface area contributed by atoms with Gasteiger partial charge in [0.2, 0.25) is 0 Å². The van der Waals surface area contributed by atoms with Crippen LogP contribution >= 0.6 is 15.9 Å². The molecule has 2 rings (SSSR count). The first-order valence-corrected chi connectivity index (χ1v) is 7.72. The summed E-state index contributed by atoms with van der Waals surface area (Å²) in [6.07, 6.45) is 0.367. The smallest absolute Gasteiger partial charge is 0.129 e. The van der Waals surface area contributed by atoms with Gasteiger partial charge in [0.25, 0.3) is 0 Å². The number of alkyl halides is 1. The van der Waals surface area contributed by atoms with E-state index in [1.807, 2.05) is 38.1 Å². The second-order valence-electron chi connectivity index (χ2n) is 5.11. The van der Waals surface area contributed by atoms with Crippen LogP contribution in [0.1, 0.15) is 29.8 Å². The molecule has 0 radical (unpaired) electrons. The molecule has 0 saturated heterocycles. The number of halogens is 3. The van der Waals surface area contributed by atoms with Crippen molar-refractivity contribution in [3.8, 4) is 5.75 Å². The van der Waals surface area contributed by atoms with Crippen LogP contribution in [-0.2, 0) is 6.42 Å². The molecule has 1 unspecified atom stereocenters. The van der Waals surface area contributed by atoms with Crippen LogP contribution in [0.4, 0.5) is 8.78 Å². The van der Waals surface area contributed by atoms with E-state index in [2.05, 4.69) is 15.9 Å². The Labute approximate surface area is 132 Å². The highest BCUT2D eigenvalue weighted by Crippen LogP contribution is 2.30. The van der Waals surface area contributed by atoms with Gasteiger partial charge in [-0.3, -0.25) is 0 Å². The van der Waals surface area contributed by atoms with E-state index in [1.54, 1.807) is 0 Å². The zero-order chi connectivity index (χ0) is 15.4. The first-order chi connectivity index (χ1) is 9.97. The zero-order valence-electron chi connectivity index (χ0n) is 11.9. The van der Waals surface area contributed by atoms with Gasteiger partial charge in [0.1, 0.15) is 17.4 Å². The van der Waals surface area contributed by atoms with Crippen molar-refractivity contribution in [3.05, 3.63) is 65.2 Å². The Morgan fingerprint density at radius 3 is 2.10 bits per heavy atom. The molecule has 2 aromatic carbocycles. The highest BCUT2D eigenvalue weighted by Gasteiger charge is 2.15. The topological polar surface area (TPSA) is 9.23 Å². The highest BCUT2D eigenvalue weighted by molar-refractivity contribution is 9.09. The van der Waals surface area contributed by atoms with Gasteiger partial charge in [-0.1, -0.05) is 34.1 Å². The van der Waals surface area contributed by atoms with Crippen LogP contribution in [-0.4, -0.2) is 6.10 Å². The predicted octanol–water partition coefficient (Wildman–Crippen LogP) is 5.43. The molecule has 21 heavy (non-hydrogen) atoms. The monoisotopic (exact) mass is 354 g/mol. The van der Waals surface area contributed by atoms with E-state index in [4.69, 9.17) is 4.74 Å². The van der Waals surface area contributed by atoms with Crippen LogP contribution in [0.2, 0.25) is 0 Å². The number of benzene rings is 2. The molecule has 0 aliphatic heterocycles. The lowest BCUT2D eigenvalue weighted by atomic mass is 10.0. The van der Waals surface area contributed by atoms with Crippen molar-refractivity contribution in [3.63, 3.8) is 0 Å². The van der Waals surface area contributed by atoms with Gasteiger partial charge in [-0.15, -0.1) is 0 Å². The molecule has 0 aliphatic rings. The number of rotatable bonds is 5. The molecule has 0 N–H and O–H groups in total. The minimum absolute atomic E-state index is 0.0990. The van der Waals surface area contributed by atoms with Crippen LogP contribution in [0.3, 0.4) is 0 Å². The lowest BCUT2D eigenvalue weighted by molar-refractivity contribution is 0.242. The normalized spacial score (nSPS) is 12.5. The summed E-state index contributed by atoms with van der Waals surface area (Å²) in [7, 11) is 0. The minimum atomic E-state index is -0.515. The first-order valence-electron chi connectivity index (χ1n) is 6.81. The van der Waals surface area contributed by atoms with E-state index >= 15 is 0 Å². The van der Waals surface area contributed by atoms with Gasteiger partial charge < -0.3 is 4.74 Å². The number of hydrogen-bond donors (Lipinski definition) is 0. The van der Waals surface area contributed by atoms with Gasteiger partial charge >= 0.3 is 0 Å². The molecule has 4 heteroatoms. The van der Waals surface area contributed by atoms with E-state index in [1.165, 1.54) is 18.2 Å². The average molecular weight is 355 g/mol. The van der Waals surface area contributed by atoms with E-state index in [9.17, 15) is 8.78 Å². The maximum Gasteiger partial charge on any atom is 0.129 e. The molecule has 0 heterocycles. The van der Waals surface area contributed by atoms with Gasteiger partial charge in [-0.25, -0.2) is 8.78 Å². The molecule has 0 aliphatic carbocycles. The Hall–Kier alpha value is -1.42. The largest absolute Gasteiger partial charge is 0.491 e. The molecular weight excluding hydrogens is 338 g/mol. The van der Waals surface area contributed by atoms with Crippen molar-refractivity contribution < 1.29 is 13.5 Å². The fraction of sp³-hybridized carbons (Fsp3) is 0.294. The Kier molecular flexibility index (Phi) is 5.34. The summed E-state index contributed by atoms with van der Waals surface area (Å²) in [5.41, 5.74) is 1.05. The highest BCUT2D eigenvalue weighted by atomic mass is 79.9. The molecular formula is C17H17BrF2O. The summed E-state index contributed by atoms with van der Waals surface area (Å²) < 4.78 is 32.9. The van der Waals surface area contributed by atoms with Crippen molar-refractivity contribution in [2.75, 3.05) is 0 Å². The van der Waals surface area contributed by atoms with Crippen LogP contribution in [0.25, 0.3) is 0 Å². The second kappa shape index (κ2) is 7.03. The summed E-state index contributed by atoms with van der Waals surface area (Å²) in [5.74, 6) is -0.246. The van der Waals surface area contributed by atoms with Crippen LogP contribution in [0.5, 0.6) is 5.75 Å². The maximum absolute atomic E-state index is 13.7. The molecule has 2 aromatic rings. The summed E-state index contributed by atoms with van der Waals surface area (Å²) in [5, 5.41) is 0. The van der Waals surface area contributed by atoms with E-state index < -0.39 is 11.6 Å². The Morgan fingerprint density at radius 1 is 1.00 bits per heavy atom. The average Bonchev–Trinajstić information content (AvgIpc) is 2.43. The lowest BCUT2D eigenvalue weighted by Gasteiger charge is -2.14. The summed E-state index contributed by atoms with van der Waals surface area (Å²) in [4.78, 5) is -0.156. The molecule has 0 fully saturated rings. The van der Waals surface area contributed by atoms with E-state index in [-0.39, 0.29) is 22.9 Å². The molecule has 0 bridgehead atoms. The molecule has 0 amide bonds. The summed E-state index contributed by atoms with van der Waals surface area (Å²) in [6.45, 7) is 3.92. The number of hydrogen-bond acceptors (Lipinski definition) is 1.